The molecule has 1 aromatic heterocycles. The van der Waals surface area contributed by atoms with E-state index >= 15 is 0 Å². The molecule has 0 radical (unpaired) electrons. The summed E-state index contributed by atoms with van der Waals surface area (Å²) >= 11 is 0. The number of rotatable bonds is 5. The summed E-state index contributed by atoms with van der Waals surface area (Å²) in [6.45, 7) is 6.05. The maximum Gasteiger partial charge on any atom is 0.354 e. The number of piperidine rings is 1. The standard InChI is InChI=1S/C26H35N9O4/c1-26(2,29)23(37)32-9-11-33(12-10-32)24(38)30-19-7-8-35(25(39)31-19)16-5-3-15(4-6-16)20(27)22(36)34-13-17-18(14-34)21(17)28/h3-8,17-18,20-21H,9-14,27-29H2,1-2H3,(H,30,31,38,39). The zero-order chi connectivity index (χ0) is 28.1. The normalized spacial score (nSPS) is 23.3. The number of likely N-dealkylation sites (tertiary alicyclic amines) is 1. The predicted molar refractivity (Wildman–Crippen MR) is 144 cm³/mol. The monoisotopic (exact) mass is 537 g/mol. The Kier molecular flexibility index (Phi) is 6.91. The van der Waals surface area contributed by atoms with Gasteiger partial charge in [-0.1, -0.05) is 12.1 Å². The highest BCUT2D eigenvalue weighted by Gasteiger charge is 2.55. The van der Waals surface area contributed by atoms with E-state index in [1.54, 1.807) is 52.8 Å². The number of carbonyl (C=O) groups is 3. The second-order valence-corrected chi connectivity index (χ2v) is 11.1. The molecule has 3 unspecified atom stereocenters. The lowest BCUT2D eigenvalue weighted by Crippen LogP contribution is -2.58. The van der Waals surface area contributed by atoms with Crippen molar-refractivity contribution in [3.8, 4) is 5.69 Å². The molecule has 3 heterocycles. The Morgan fingerprint density at radius 3 is 2.13 bits per heavy atom. The number of aromatic nitrogens is 2. The van der Waals surface area contributed by atoms with Gasteiger partial charge >= 0.3 is 11.7 Å². The number of nitrogens with two attached hydrogens (primary N) is 3. The van der Waals surface area contributed by atoms with E-state index in [2.05, 4.69) is 10.3 Å². The minimum Gasteiger partial charge on any atom is -0.340 e. The fourth-order valence-electron chi connectivity index (χ4n) is 5.31. The molecule has 1 aliphatic carbocycles. The van der Waals surface area contributed by atoms with Gasteiger partial charge in [-0.2, -0.15) is 4.98 Å². The first-order chi connectivity index (χ1) is 18.4. The number of nitrogens with one attached hydrogen (secondary N) is 1. The minimum atomic E-state index is -0.967. The van der Waals surface area contributed by atoms with Gasteiger partial charge in [0.15, 0.2) is 0 Å². The Balaban J connectivity index is 1.17. The lowest BCUT2D eigenvalue weighted by Gasteiger charge is -2.37. The van der Waals surface area contributed by atoms with E-state index in [0.717, 1.165) is 0 Å². The smallest absolute Gasteiger partial charge is 0.340 e. The van der Waals surface area contributed by atoms with Crippen LogP contribution in [-0.4, -0.2) is 92.9 Å². The molecule has 0 spiro atoms. The van der Waals surface area contributed by atoms with Crippen molar-refractivity contribution in [3.63, 3.8) is 0 Å². The third kappa shape index (κ3) is 5.37. The number of benzene rings is 1. The van der Waals surface area contributed by atoms with Gasteiger partial charge in [-0.15, -0.1) is 0 Å². The summed E-state index contributed by atoms with van der Waals surface area (Å²) < 4.78 is 1.33. The zero-order valence-electron chi connectivity index (χ0n) is 22.1. The van der Waals surface area contributed by atoms with Crippen LogP contribution in [0.15, 0.2) is 41.3 Å². The van der Waals surface area contributed by atoms with Crippen molar-refractivity contribution in [1.82, 2.24) is 24.3 Å². The molecule has 13 heteroatoms. The highest BCUT2D eigenvalue weighted by molar-refractivity contribution is 5.89. The fraction of sp³-hybridized carbons (Fsp3) is 0.500. The Bertz CT molecular complexity index is 1320. The minimum absolute atomic E-state index is 0.121. The summed E-state index contributed by atoms with van der Waals surface area (Å²) in [6.07, 6.45) is 1.52. The van der Waals surface area contributed by atoms with Crippen LogP contribution in [-0.2, 0) is 9.59 Å². The third-order valence-corrected chi connectivity index (χ3v) is 7.81. The van der Waals surface area contributed by atoms with Gasteiger partial charge in [0.2, 0.25) is 11.8 Å². The first-order valence-corrected chi connectivity index (χ1v) is 13.1. The summed E-state index contributed by atoms with van der Waals surface area (Å²) in [7, 11) is 0. The van der Waals surface area contributed by atoms with Crippen LogP contribution in [0.5, 0.6) is 0 Å². The van der Waals surface area contributed by atoms with Crippen molar-refractivity contribution >= 4 is 23.7 Å². The molecule has 1 aromatic carbocycles. The van der Waals surface area contributed by atoms with Crippen LogP contribution in [0.3, 0.4) is 0 Å². The Hall–Kier alpha value is -3.81. The number of piperazine rings is 1. The van der Waals surface area contributed by atoms with E-state index in [1.807, 2.05) is 0 Å². The van der Waals surface area contributed by atoms with Gasteiger partial charge in [0, 0.05) is 51.5 Å². The lowest BCUT2D eigenvalue weighted by molar-refractivity contribution is -0.137. The van der Waals surface area contributed by atoms with Crippen molar-refractivity contribution in [2.75, 3.05) is 44.6 Å². The number of nitrogens with zero attached hydrogens (tertiary/aromatic N) is 5. The number of carbonyl (C=O) groups excluding carboxylic acids is 3. The van der Waals surface area contributed by atoms with E-state index in [9.17, 15) is 19.2 Å². The highest BCUT2D eigenvalue weighted by Crippen LogP contribution is 2.44. The third-order valence-electron chi connectivity index (χ3n) is 7.81. The number of hydrogen-bond acceptors (Lipinski definition) is 8. The first-order valence-electron chi connectivity index (χ1n) is 13.1. The summed E-state index contributed by atoms with van der Waals surface area (Å²) in [6, 6.07) is 7.38. The molecule has 208 valence electrons. The fourth-order valence-corrected chi connectivity index (χ4v) is 5.31. The van der Waals surface area contributed by atoms with Gasteiger partial charge in [-0.05, 0) is 49.4 Å². The largest absolute Gasteiger partial charge is 0.354 e. The molecule has 2 aromatic rings. The van der Waals surface area contributed by atoms with Crippen LogP contribution in [0.4, 0.5) is 10.6 Å². The molecule has 3 aliphatic rings. The van der Waals surface area contributed by atoms with Crippen molar-refractivity contribution in [1.29, 1.82) is 0 Å². The lowest BCUT2D eigenvalue weighted by atomic mass is 10.1. The van der Waals surface area contributed by atoms with E-state index in [-0.39, 0.29) is 23.7 Å². The summed E-state index contributed by atoms with van der Waals surface area (Å²) in [4.78, 5) is 59.5. The summed E-state index contributed by atoms with van der Waals surface area (Å²) in [5, 5.41) is 2.65. The SMILES string of the molecule is CC(C)(N)C(=O)N1CCN(C(=O)Nc2ccn(-c3ccc(C(N)C(=O)N4CC5C(N)C5C4)cc3)c(=O)n2)CC1. The summed E-state index contributed by atoms with van der Waals surface area (Å²) in [5.74, 6) is 0.608. The van der Waals surface area contributed by atoms with Crippen molar-refractivity contribution in [2.24, 2.45) is 29.0 Å². The van der Waals surface area contributed by atoms with Gasteiger partial charge in [0.05, 0.1) is 11.2 Å². The number of fused-ring (bicyclic) bond motifs is 1. The molecule has 3 atom stereocenters. The van der Waals surface area contributed by atoms with Crippen LogP contribution in [0.1, 0.15) is 25.5 Å². The molecule has 2 saturated heterocycles. The van der Waals surface area contributed by atoms with Crippen LogP contribution < -0.4 is 28.2 Å². The molecule has 1 saturated carbocycles. The van der Waals surface area contributed by atoms with Crippen LogP contribution in [0.25, 0.3) is 5.69 Å². The molecule has 0 bridgehead atoms. The first kappa shape index (κ1) is 26.8. The van der Waals surface area contributed by atoms with Crippen molar-refractivity contribution < 1.29 is 14.4 Å². The van der Waals surface area contributed by atoms with Gasteiger partial charge in [0.1, 0.15) is 11.9 Å². The molecule has 7 N–H and O–H groups in total. The maximum atomic E-state index is 12.8. The van der Waals surface area contributed by atoms with Gasteiger partial charge < -0.3 is 31.9 Å². The van der Waals surface area contributed by atoms with Crippen molar-refractivity contribution in [3.05, 3.63) is 52.6 Å². The predicted octanol–water partition coefficient (Wildman–Crippen LogP) is -0.939. The van der Waals surface area contributed by atoms with E-state index in [1.165, 1.54) is 16.8 Å². The van der Waals surface area contributed by atoms with Gasteiger partial charge in [0.25, 0.3) is 0 Å². The van der Waals surface area contributed by atoms with Gasteiger partial charge in [-0.25, -0.2) is 9.59 Å². The summed E-state index contributed by atoms with van der Waals surface area (Å²) in [5.41, 5.74) is 17.7. The number of urea groups is 1. The maximum absolute atomic E-state index is 12.8. The Morgan fingerprint density at radius 2 is 1.56 bits per heavy atom. The van der Waals surface area contributed by atoms with E-state index < -0.39 is 23.3 Å². The Labute approximate surface area is 225 Å². The second kappa shape index (κ2) is 10.1. The second-order valence-electron chi connectivity index (χ2n) is 11.1. The van der Waals surface area contributed by atoms with Crippen molar-refractivity contribution in [2.45, 2.75) is 31.5 Å². The topological polar surface area (TPSA) is 186 Å². The molecule has 13 nitrogen and oxygen atoms in total. The molecular formula is C26H35N9O4. The molecule has 5 rings (SSSR count). The highest BCUT2D eigenvalue weighted by atomic mass is 16.2. The van der Waals surface area contributed by atoms with Crippen LogP contribution >= 0.6 is 0 Å². The zero-order valence-corrected chi connectivity index (χ0v) is 22.1. The molecule has 39 heavy (non-hydrogen) atoms. The van der Waals surface area contributed by atoms with E-state index in [0.29, 0.717) is 62.4 Å². The van der Waals surface area contributed by atoms with E-state index in [4.69, 9.17) is 17.2 Å². The molecular weight excluding hydrogens is 502 g/mol. The number of hydrogen-bond donors (Lipinski definition) is 4. The number of amides is 4. The number of anilines is 1. The molecule has 3 fully saturated rings. The Morgan fingerprint density at radius 1 is 0.974 bits per heavy atom. The quantitative estimate of drug-likeness (QED) is 0.376. The van der Waals surface area contributed by atoms with Crippen LogP contribution in [0.2, 0.25) is 0 Å². The molecule has 2 aliphatic heterocycles. The van der Waals surface area contributed by atoms with Gasteiger partial charge in [-0.3, -0.25) is 19.5 Å². The molecule has 4 amide bonds. The average molecular weight is 538 g/mol. The average Bonchev–Trinajstić information content (AvgIpc) is 3.30. The van der Waals surface area contributed by atoms with Crippen LogP contribution in [0, 0.1) is 11.8 Å².